The number of carbonyl (C=O) groups is 1. The first-order valence-electron chi connectivity index (χ1n) is 9.68. The maximum absolute atomic E-state index is 12.3. The Morgan fingerprint density at radius 2 is 1.93 bits per heavy atom. The van der Waals surface area contributed by atoms with E-state index in [-0.39, 0.29) is 24.4 Å². The second kappa shape index (κ2) is 8.40. The largest absolute Gasteiger partial charge is 0.486 e. The minimum absolute atomic E-state index is 0.164. The van der Waals surface area contributed by atoms with Gasteiger partial charge in [-0.25, -0.2) is 4.68 Å². The lowest BCUT2D eigenvalue weighted by Gasteiger charge is -2.21. The minimum Gasteiger partial charge on any atom is -0.486 e. The Bertz CT molecular complexity index is 1050. The third-order valence-corrected chi connectivity index (χ3v) is 4.65. The first-order valence-corrected chi connectivity index (χ1v) is 9.68. The van der Waals surface area contributed by atoms with Crippen molar-refractivity contribution in [1.29, 1.82) is 0 Å². The summed E-state index contributed by atoms with van der Waals surface area (Å²) in [6.45, 7) is 6.65. The first kappa shape index (κ1) is 19.7. The number of fused-ring (bicyclic) bond motifs is 1. The Morgan fingerprint density at radius 1 is 1.13 bits per heavy atom. The SMILES string of the molecule is Cc1cc(C)n(-c2ccc(OCC(=O)N[C@@H](C)c3ccc4c(c3)OCCO4)nn2)n1. The Labute approximate surface area is 174 Å². The van der Waals surface area contributed by atoms with Gasteiger partial charge in [-0.2, -0.15) is 5.10 Å². The molecule has 0 unspecified atom stereocenters. The molecule has 0 radical (unpaired) electrons. The van der Waals surface area contributed by atoms with Crippen molar-refractivity contribution in [2.24, 2.45) is 0 Å². The number of rotatable bonds is 6. The summed E-state index contributed by atoms with van der Waals surface area (Å²) in [5.41, 5.74) is 2.78. The van der Waals surface area contributed by atoms with Crippen LogP contribution >= 0.6 is 0 Å². The quantitative estimate of drug-likeness (QED) is 0.667. The number of hydrogen-bond acceptors (Lipinski definition) is 7. The molecule has 2 aromatic heterocycles. The van der Waals surface area contributed by atoms with Gasteiger partial charge in [-0.3, -0.25) is 4.79 Å². The number of benzene rings is 1. The Hall–Kier alpha value is -3.62. The molecule has 1 amide bonds. The molecule has 0 bridgehead atoms. The predicted molar refractivity (Wildman–Crippen MR) is 108 cm³/mol. The van der Waals surface area contributed by atoms with E-state index in [0.717, 1.165) is 17.0 Å². The average Bonchev–Trinajstić information content (AvgIpc) is 3.10. The van der Waals surface area contributed by atoms with E-state index in [2.05, 4.69) is 20.6 Å². The predicted octanol–water partition coefficient (Wildman–Crippen LogP) is 2.31. The lowest BCUT2D eigenvalue weighted by Crippen LogP contribution is -2.31. The molecule has 0 fully saturated rings. The molecule has 0 saturated heterocycles. The van der Waals surface area contributed by atoms with Crippen LogP contribution in [0.2, 0.25) is 0 Å². The average molecular weight is 409 g/mol. The molecular formula is C21H23N5O4. The lowest BCUT2D eigenvalue weighted by molar-refractivity contribution is -0.123. The molecule has 1 N–H and O–H groups in total. The summed E-state index contributed by atoms with van der Waals surface area (Å²) in [5.74, 6) is 2.00. The maximum atomic E-state index is 12.3. The van der Waals surface area contributed by atoms with Crippen molar-refractivity contribution in [1.82, 2.24) is 25.3 Å². The minimum atomic E-state index is -0.262. The molecule has 1 aromatic carbocycles. The Kier molecular flexibility index (Phi) is 5.51. The summed E-state index contributed by atoms with van der Waals surface area (Å²) in [6, 6.07) is 10.8. The fourth-order valence-corrected chi connectivity index (χ4v) is 3.20. The smallest absolute Gasteiger partial charge is 0.258 e. The summed E-state index contributed by atoms with van der Waals surface area (Å²) in [7, 11) is 0. The summed E-state index contributed by atoms with van der Waals surface area (Å²) in [6.07, 6.45) is 0. The molecule has 0 aliphatic carbocycles. The van der Waals surface area contributed by atoms with Crippen molar-refractivity contribution in [3.8, 4) is 23.2 Å². The van der Waals surface area contributed by atoms with E-state index >= 15 is 0 Å². The van der Waals surface area contributed by atoms with Crippen LogP contribution in [0.4, 0.5) is 0 Å². The van der Waals surface area contributed by atoms with Crippen molar-refractivity contribution in [3.05, 3.63) is 53.3 Å². The summed E-state index contributed by atoms with van der Waals surface area (Å²) < 4.78 is 18.3. The van der Waals surface area contributed by atoms with Gasteiger partial charge >= 0.3 is 0 Å². The molecular weight excluding hydrogens is 386 g/mol. The second-order valence-electron chi connectivity index (χ2n) is 7.05. The fraction of sp³-hybridized carbons (Fsp3) is 0.333. The van der Waals surface area contributed by atoms with Crippen molar-refractivity contribution >= 4 is 5.91 Å². The van der Waals surface area contributed by atoms with Crippen LogP contribution in [-0.4, -0.2) is 45.7 Å². The molecule has 0 saturated carbocycles. The van der Waals surface area contributed by atoms with E-state index in [1.165, 1.54) is 0 Å². The summed E-state index contributed by atoms with van der Waals surface area (Å²) in [5, 5.41) is 15.4. The van der Waals surface area contributed by atoms with E-state index in [1.807, 2.05) is 45.0 Å². The van der Waals surface area contributed by atoms with Gasteiger partial charge in [0.2, 0.25) is 5.88 Å². The van der Waals surface area contributed by atoms with Crippen molar-refractivity contribution in [3.63, 3.8) is 0 Å². The molecule has 3 heterocycles. The van der Waals surface area contributed by atoms with Gasteiger partial charge in [-0.1, -0.05) is 6.07 Å². The maximum Gasteiger partial charge on any atom is 0.258 e. The second-order valence-corrected chi connectivity index (χ2v) is 7.05. The van der Waals surface area contributed by atoms with Gasteiger partial charge in [0.05, 0.1) is 11.7 Å². The molecule has 30 heavy (non-hydrogen) atoms. The molecule has 3 aromatic rings. The third-order valence-electron chi connectivity index (χ3n) is 4.65. The van der Waals surface area contributed by atoms with Gasteiger partial charge in [-0.15, -0.1) is 10.2 Å². The highest BCUT2D eigenvalue weighted by Crippen LogP contribution is 2.32. The zero-order chi connectivity index (χ0) is 21.1. The van der Waals surface area contributed by atoms with E-state index in [9.17, 15) is 4.79 Å². The number of amides is 1. The molecule has 1 atom stereocenters. The van der Waals surface area contributed by atoms with E-state index in [4.69, 9.17) is 14.2 Å². The highest BCUT2D eigenvalue weighted by atomic mass is 16.6. The number of nitrogens with zero attached hydrogens (tertiary/aromatic N) is 4. The number of nitrogens with one attached hydrogen (secondary N) is 1. The van der Waals surface area contributed by atoms with Gasteiger partial charge in [0.15, 0.2) is 23.9 Å². The third kappa shape index (κ3) is 4.35. The number of aromatic nitrogens is 4. The zero-order valence-electron chi connectivity index (χ0n) is 17.1. The highest BCUT2D eigenvalue weighted by molar-refractivity contribution is 5.78. The molecule has 156 valence electrons. The standard InChI is InChI=1S/C21H23N5O4/c1-13-10-14(2)26(25-13)19-6-7-21(24-23-19)30-12-20(27)22-15(3)16-4-5-17-18(11-16)29-9-8-28-17/h4-7,10-11,15H,8-9,12H2,1-3H3,(H,22,27)/t15-/m0/s1. The Balaban J connectivity index is 1.32. The molecule has 1 aliphatic rings. The summed E-state index contributed by atoms with van der Waals surface area (Å²) in [4.78, 5) is 12.3. The Morgan fingerprint density at radius 3 is 2.63 bits per heavy atom. The molecule has 4 rings (SSSR count). The van der Waals surface area contributed by atoms with Crippen molar-refractivity contribution < 1.29 is 19.0 Å². The van der Waals surface area contributed by atoms with Crippen LogP contribution in [0.3, 0.4) is 0 Å². The van der Waals surface area contributed by atoms with Gasteiger partial charge in [0.1, 0.15) is 13.2 Å². The van der Waals surface area contributed by atoms with Crippen LogP contribution in [-0.2, 0) is 4.79 Å². The number of carbonyl (C=O) groups excluding carboxylic acids is 1. The van der Waals surface area contributed by atoms with Crippen molar-refractivity contribution in [2.75, 3.05) is 19.8 Å². The molecule has 0 spiro atoms. The highest BCUT2D eigenvalue weighted by Gasteiger charge is 2.16. The first-order chi connectivity index (χ1) is 14.5. The van der Waals surface area contributed by atoms with Gasteiger partial charge in [0.25, 0.3) is 5.91 Å². The van der Waals surface area contributed by atoms with E-state index in [0.29, 0.717) is 30.5 Å². The number of hydrogen-bond donors (Lipinski definition) is 1. The van der Waals surface area contributed by atoms with Crippen molar-refractivity contribution in [2.45, 2.75) is 26.8 Å². The van der Waals surface area contributed by atoms with Gasteiger partial charge in [0, 0.05) is 11.8 Å². The van der Waals surface area contributed by atoms with Crippen LogP contribution in [0.1, 0.15) is 29.9 Å². The van der Waals surface area contributed by atoms with Crippen LogP contribution in [0.25, 0.3) is 5.82 Å². The molecule has 9 heteroatoms. The molecule has 1 aliphatic heterocycles. The fourth-order valence-electron chi connectivity index (χ4n) is 3.20. The van der Waals surface area contributed by atoms with E-state index in [1.54, 1.807) is 16.8 Å². The van der Waals surface area contributed by atoms with E-state index < -0.39 is 0 Å². The zero-order valence-corrected chi connectivity index (χ0v) is 17.1. The van der Waals surface area contributed by atoms with Crippen LogP contribution in [0, 0.1) is 13.8 Å². The number of aryl methyl sites for hydroxylation is 2. The lowest BCUT2D eigenvalue weighted by atomic mass is 10.1. The van der Waals surface area contributed by atoms with Gasteiger partial charge < -0.3 is 19.5 Å². The van der Waals surface area contributed by atoms with Gasteiger partial charge in [-0.05, 0) is 50.6 Å². The number of ether oxygens (including phenoxy) is 3. The molecule has 9 nitrogen and oxygen atoms in total. The topological polar surface area (TPSA) is 100 Å². The van der Waals surface area contributed by atoms with Crippen LogP contribution in [0.5, 0.6) is 17.4 Å². The normalized spacial score (nSPS) is 13.6. The summed E-state index contributed by atoms with van der Waals surface area (Å²) >= 11 is 0. The van der Waals surface area contributed by atoms with Crippen LogP contribution < -0.4 is 19.5 Å². The van der Waals surface area contributed by atoms with Crippen LogP contribution in [0.15, 0.2) is 36.4 Å². The monoisotopic (exact) mass is 409 g/mol.